The van der Waals surface area contributed by atoms with Gasteiger partial charge in [0, 0.05) is 29.6 Å². The molecule has 0 heterocycles. The molecule has 0 unspecified atom stereocenters. The van der Waals surface area contributed by atoms with Gasteiger partial charge in [0.1, 0.15) is 0 Å². The molecule has 0 aliphatic carbocycles. The van der Waals surface area contributed by atoms with Crippen LogP contribution < -0.4 is 5.73 Å². The Bertz CT molecular complexity index is 638. The first-order valence-corrected chi connectivity index (χ1v) is 7.15. The number of aryl methyl sites for hydroxylation is 1. The van der Waals surface area contributed by atoms with E-state index in [1.54, 1.807) is 42.9 Å². The zero-order valence-electron chi connectivity index (χ0n) is 11.9. The maximum atomic E-state index is 12.2. The van der Waals surface area contributed by atoms with Gasteiger partial charge < -0.3 is 10.6 Å². The minimum atomic E-state index is -0.0129. The van der Waals surface area contributed by atoms with Crippen molar-refractivity contribution < 1.29 is 4.79 Å². The van der Waals surface area contributed by atoms with E-state index in [1.807, 2.05) is 24.3 Å². The summed E-state index contributed by atoms with van der Waals surface area (Å²) in [7, 11) is 3.50. The second kappa shape index (κ2) is 6.01. The molecular formula is C16H18N2OS. The van der Waals surface area contributed by atoms with Crippen LogP contribution in [-0.4, -0.2) is 24.9 Å². The molecule has 104 valence electrons. The largest absolute Gasteiger partial charge is 0.399 e. The topological polar surface area (TPSA) is 46.3 Å². The number of hydrogen-bond donors (Lipinski definition) is 1. The number of hydrogen-bond acceptors (Lipinski definition) is 3. The van der Waals surface area contributed by atoms with E-state index in [9.17, 15) is 4.79 Å². The van der Waals surface area contributed by atoms with Crippen LogP contribution in [0.15, 0.2) is 52.3 Å². The van der Waals surface area contributed by atoms with E-state index >= 15 is 0 Å². The highest BCUT2D eigenvalue weighted by Gasteiger charge is 2.15. The molecule has 2 aromatic carbocycles. The number of nitrogens with zero attached hydrogens (tertiary/aromatic N) is 1. The summed E-state index contributed by atoms with van der Waals surface area (Å²) in [6.45, 7) is 2.06. The Morgan fingerprint density at radius 2 is 1.80 bits per heavy atom. The first-order chi connectivity index (χ1) is 9.49. The zero-order valence-corrected chi connectivity index (χ0v) is 12.7. The Hall–Kier alpha value is -1.94. The third kappa shape index (κ3) is 3.14. The second-order valence-electron chi connectivity index (χ2n) is 4.82. The summed E-state index contributed by atoms with van der Waals surface area (Å²) in [4.78, 5) is 15.8. The van der Waals surface area contributed by atoms with Crippen molar-refractivity contribution in [1.82, 2.24) is 4.90 Å². The number of amides is 1. The zero-order chi connectivity index (χ0) is 14.7. The molecule has 0 aromatic heterocycles. The lowest BCUT2D eigenvalue weighted by atomic mass is 10.2. The van der Waals surface area contributed by atoms with E-state index in [2.05, 4.69) is 13.0 Å². The summed E-state index contributed by atoms with van der Waals surface area (Å²) in [6.07, 6.45) is 0. The van der Waals surface area contributed by atoms with E-state index in [4.69, 9.17) is 5.73 Å². The highest BCUT2D eigenvalue weighted by atomic mass is 32.2. The number of benzene rings is 2. The molecule has 2 N–H and O–H groups in total. The van der Waals surface area contributed by atoms with Crippen LogP contribution in [0.25, 0.3) is 0 Å². The highest BCUT2D eigenvalue weighted by molar-refractivity contribution is 7.99. The molecule has 20 heavy (non-hydrogen) atoms. The quantitative estimate of drug-likeness (QED) is 0.879. The van der Waals surface area contributed by atoms with Crippen LogP contribution in [0, 0.1) is 6.92 Å². The van der Waals surface area contributed by atoms with E-state index in [0.29, 0.717) is 11.3 Å². The molecule has 0 saturated carbocycles. The van der Waals surface area contributed by atoms with Gasteiger partial charge in [-0.25, -0.2) is 0 Å². The Morgan fingerprint density at radius 1 is 1.10 bits per heavy atom. The van der Waals surface area contributed by atoms with Gasteiger partial charge in [-0.2, -0.15) is 0 Å². The molecule has 0 bridgehead atoms. The number of nitrogen functional groups attached to an aromatic ring is 1. The van der Waals surface area contributed by atoms with Crippen molar-refractivity contribution in [1.29, 1.82) is 0 Å². The van der Waals surface area contributed by atoms with Crippen LogP contribution in [0.4, 0.5) is 5.69 Å². The van der Waals surface area contributed by atoms with Crippen LogP contribution in [0.5, 0.6) is 0 Å². The molecule has 0 spiro atoms. The third-order valence-corrected chi connectivity index (χ3v) is 4.19. The molecule has 0 aliphatic heterocycles. The highest BCUT2D eigenvalue weighted by Crippen LogP contribution is 2.34. The van der Waals surface area contributed by atoms with Gasteiger partial charge in [-0.1, -0.05) is 30.0 Å². The molecule has 4 heteroatoms. The van der Waals surface area contributed by atoms with E-state index in [0.717, 1.165) is 9.79 Å². The predicted molar refractivity (Wildman–Crippen MR) is 84.2 cm³/mol. The third-order valence-electron chi connectivity index (χ3n) is 2.96. The Labute approximate surface area is 123 Å². The van der Waals surface area contributed by atoms with Crippen molar-refractivity contribution in [3.63, 3.8) is 0 Å². The van der Waals surface area contributed by atoms with E-state index in [-0.39, 0.29) is 5.91 Å². The SMILES string of the molecule is Cc1ccccc1Sc1cc(N)ccc1C(=O)N(C)C. The van der Waals surface area contributed by atoms with Crippen molar-refractivity contribution in [3.05, 3.63) is 53.6 Å². The molecule has 0 saturated heterocycles. The average Bonchev–Trinajstić information content (AvgIpc) is 2.41. The van der Waals surface area contributed by atoms with Gasteiger partial charge in [-0.3, -0.25) is 4.79 Å². The number of anilines is 1. The molecule has 0 radical (unpaired) electrons. The summed E-state index contributed by atoms with van der Waals surface area (Å²) in [5.74, 6) is -0.0129. The molecular weight excluding hydrogens is 268 g/mol. The summed E-state index contributed by atoms with van der Waals surface area (Å²) >= 11 is 1.57. The Kier molecular flexibility index (Phi) is 4.35. The van der Waals surface area contributed by atoms with Gasteiger partial charge in [0.2, 0.25) is 0 Å². The van der Waals surface area contributed by atoms with E-state index in [1.165, 1.54) is 5.56 Å². The molecule has 0 atom stereocenters. The first kappa shape index (κ1) is 14.5. The monoisotopic (exact) mass is 286 g/mol. The lowest BCUT2D eigenvalue weighted by Crippen LogP contribution is -2.22. The molecule has 1 amide bonds. The summed E-state index contributed by atoms with van der Waals surface area (Å²) in [5.41, 5.74) is 8.38. The number of carbonyl (C=O) groups excluding carboxylic acids is 1. The van der Waals surface area contributed by atoms with Crippen molar-refractivity contribution in [2.75, 3.05) is 19.8 Å². The molecule has 0 aliphatic rings. The Balaban J connectivity index is 2.43. The minimum absolute atomic E-state index is 0.0129. The fourth-order valence-electron chi connectivity index (χ4n) is 1.83. The number of nitrogens with two attached hydrogens (primary N) is 1. The minimum Gasteiger partial charge on any atom is -0.399 e. The summed E-state index contributed by atoms with van der Waals surface area (Å²) < 4.78 is 0. The standard InChI is InChI=1S/C16H18N2OS/c1-11-6-4-5-7-14(11)20-15-10-12(17)8-9-13(15)16(19)18(2)3/h4-10H,17H2,1-3H3. The van der Waals surface area contributed by atoms with Crippen molar-refractivity contribution in [2.45, 2.75) is 16.7 Å². The van der Waals surface area contributed by atoms with E-state index < -0.39 is 0 Å². The fourth-order valence-corrected chi connectivity index (χ4v) is 2.90. The molecule has 2 aromatic rings. The predicted octanol–water partition coefficient (Wildman–Crippen LogP) is 3.43. The van der Waals surface area contributed by atoms with Gasteiger partial charge in [0.15, 0.2) is 0 Å². The van der Waals surface area contributed by atoms with Gasteiger partial charge in [-0.15, -0.1) is 0 Å². The van der Waals surface area contributed by atoms with Gasteiger partial charge in [0.25, 0.3) is 5.91 Å². The maximum Gasteiger partial charge on any atom is 0.254 e. The first-order valence-electron chi connectivity index (χ1n) is 6.33. The van der Waals surface area contributed by atoms with Crippen LogP contribution in [0.3, 0.4) is 0 Å². The van der Waals surface area contributed by atoms with Crippen LogP contribution in [0.2, 0.25) is 0 Å². The number of rotatable bonds is 3. The normalized spacial score (nSPS) is 10.3. The molecule has 2 rings (SSSR count). The fraction of sp³-hybridized carbons (Fsp3) is 0.188. The van der Waals surface area contributed by atoms with Crippen LogP contribution >= 0.6 is 11.8 Å². The number of carbonyl (C=O) groups is 1. The molecule has 0 fully saturated rings. The Morgan fingerprint density at radius 3 is 2.45 bits per heavy atom. The van der Waals surface area contributed by atoms with Gasteiger partial charge >= 0.3 is 0 Å². The van der Waals surface area contributed by atoms with Crippen LogP contribution in [-0.2, 0) is 0 Å². The molecule has 3 nitrogen and oxygen atoms in total. The lowest BCUT2D eigenvalue weighted by Gasteiger charge is -2.15. The summed E-state index contributed by atoms with van der Waals surface area (Å²) in [5, 5.41) is 0. The average molecular weight is 286 g/mol. The second-order valence-corrected chi connectivity index (χ2v) is 5.91. The van der Waals surface area contributed by atoms with Crippen LogP contribution in [0.1, 0.15) is 15.9 Å². The van der Waals surface area contributed by atoms with Crippen molar-refractivity contribution >= 4 is 23.4 Å². The lowest BCUT2D eigenvalue weighted by molar-refractivity contribution is 0.0824. The van der Waals surface area contributed by atoms with Gasteiger partial charge in [-0.05, 0) is 36.8 Å². The van der Waals surface area contributed by atoms with Crippen molar-refractivity contribution in [3.8, 4) is 0 Å². The van der Waals surface area contributed by atoms with Crippen molar-refractivity contribution in [2.24, 2.45) is 0 Å². The summed E-state index contributed by atoms with van der Waals surface area (Å²) in [6, 6.07) is 13.5. The smallest absolute Gasteiger partial charge is 0.254 e. The maximum absolute atomic E-state index is 12.2. The van der Waals surface area contributed by atoms with Gasteiger partial charge in [0.05, 0.1) is 5.56 Å².